The lowest BCUT2D eigenvalue weighted by Crippen LogP contribution is -2.45. The molecule has 1 aromatic carbocycles. The molecule has 6 nitrogen and oxygen atoms in total. The van der Waals surface area contributed by atoms with Crippen LogP contribution >= 0.6 is 11.9 Å². The van der Waals surface area contributed by atoms with Gasteiger partial charge < -0.3 is 9.62 Å². The van der Waals surface area contributed by atoms with E-state index < -0.39 is 5.92 Å². The number of carbonyl (C=O) groups excluding carboxylic acids is 1. The predicted molar refractivity (Wildman–Crippen MR) is 143 cm³/mol. The Bertz CT molecular complexity index is 954. The third kappa shape index (κ3) is 7.93. The highest BCUT2D eigenvalue weighted by atomic mass is 32.2. The Labute approximate surface area is 217 Å². The van der Waals surface area contributed by atoms with Gasteiger partial charge in [0.1, 0.15) is 0 Å². The number of aromatic nitrogens is 2. The molecular weight excluding hydrogens is 480 g/mol. The van der Waals surface area contributed by atoms with Crippen molar-refractivity contribution < 1.29 is 13.6 Å². The standard InChI is InChI=1S/C27H39F2N5OS/c1-21(33-16-10-22(11-17-33)18-26(35)30-25-12-15-32(2)31-25)19-34(24-6-4-3-5-7-24)36-20-23-8-13-27(28,29)14-9-23/h3-7,12,15,21-23H,8-11,13-14,16-20H2,1-2H3,(H,30,31,35)/t21-/m1/s1. The van der Waals surface area contributed by atoms with Crippen LogP contribution in [0, 0.1) is 11.8 Å². The van der Waals surface area contributed by atoms with Gasteiger partial charge in [0.15, 0.2) is 5.82 Å². The first-order chi connectivity index (χ1) is 17.3. The Balaban J connectivity index is 1.25. The molecule has 0 bridgehead atoms. The molecule has 9 heteroatoms. The normalized spacial score (nSPS) is 20.2. The minimum Gasteiger partial charge on any atom is -0.315 e. The molecule has 198 valence electrons. The van der Waals surface area contributed by atoms with Gasteiger partial charge in [-0.05, 0) is 81.6 Å². The molecule has 36 heavy (non-hydrogen) atoms. The van der Waals surface area contributed by atoms with Gasteiger partial charge in [-0.25, -0.2) is 8.78 Å². The minimum atomic E-state index is -2.47. The van der Waals surface area contributed by atoms with E-state index in [9.17, 15) is 13.6 Å². The molecule has 1 N–H and O–H groups in total. The Morgan fingerprint density at radius 3 is 2.47 bits per heavy atom. The van der Waals surface area contributed by atoms with Crippen LogP contribution < -0.4 is 9.62 Å². The Morgan fingerprint density at radius 2 is 1.83 bits per heavy atom. The molecule has 2 fully saturated rings. The number of rotatable bonds is 10. The lowest BCUT2D eigenvalue weighted by Gasteiger charge is -2.38. The molecule has 1 atom stereocenters. The fraction of sp³-hybridized carbons (Fsp3) is 0.630. The van der Waals surface area contributed by atoms with Crippen molar-refractivity contribution in [2.45, 2.75) is 63.8 Å². The lowest BCUT2D eigenvalue weighted by molar-refractivity contribution is -0.117. The molecule has 0 radical (unpaired) electrons. The molecule has 1 aliphatic carbocycles. The van der Waals surface area contributed by atoms with E-state index in [2.05, 4.69) is 50.8 Å². The van der Waals surface area contributed by atoms with Gasteiger partial charge in [-0.2, -0.15) is 5.10 Å². The molecule has 1 saturated heterocycles. The number of piperidine rings is 1. The van der Waals surface area contributed by atoms with Gasteiger partial charge in [0.25, 0.3) is 0 Å². The number of likely N-dealkylation sites (tertiary alicyclic amines) is 1. The summed E-state index contributed by atoms with van der Waals surface area (Å²) < 4.78 is 31.2. The van der Waals surface area contributed by atoms with Crippen molar-refractivity contribution in [1.29, 1.82) is 0 Å². The molecule has 1 amide bonds. The zero-order valence-electron chi connectivity index (χ0n) is 21.4. The monoisotopic (exact) mass is 519 g/mol. The SMILES string of the molecule is C[C@H](CN(SCC1CCC(F)(F)CC1)c1ccccc1)N1CCC(CC(=O)Nc2ccn(C)n2)CC1. The number of aryl methyl sites for hydroxylation is 1. The summed E-state index contributed by atoms with van der Waals surface area (Å²) in [7, 11) is 1.83. The van der Waals surface area contributed by atoms with Crippen LogP contribution in [0.3, 0.4) is 0 Å². The second-order valence-corrected chi connectivity index (χ2v) is 11.5. The minimum absolute atomic E-state index is 0.0226. The summed E-state index contributed by atoms with van der Waals surface area (Å²) in [5.41, 5.74) is 1.16. The summed E-state index contributed by atoms with van der Waals surface area (Å²) in [5.74, 6) is -0.211. The summed E-state index contributed by atoms with van der Waals surface area (Å²) in [6.45, 7) is 5.11. The smallest absolute Gasteiger partial charge is 0.248 e. The van der Waals surface area contributed by atoms with Crippen LogP contribution in [-0.2, 0) is 11.8 Å². The fourth-order valence-corrected chi connectivity index (χ4v) is 6.50. The Morgan fingerprint density at radius 1 is 1.14 bits per heavy atom. The van der Waals surface area contributed by atoms with Crippen LogP contribution in [0.4, 0.5) is 20.3 Å². The van der Waals surface area contributed by atoms with Gasteiger partial charge in [0.2, 0.25) is 11.8 Å². The number of anilines is 2. The van der Waals surface area contributed by atoms with Crippen molar-refractivity contribution in [3.05, 3.63) is 42.6 Å². The highest BCUT2D eigenvalue weighted by molar-refractivity contribution is 8.00. The van der Waals surface area contributed by atoms with Crippen LogP contribution in [0.5, 0.6) is 0 Å². The van der Waals surface area contributed by atoms with Crippen LogP contribution in [0.2, 0.25) is 0 Å². The van der Waals surface area contributed by atoms with E-state index >= 15 is 0 Å². The highest BCUT2D eigenvalue weighted by Gasteiger charge is 2.35. The number of para-hydroxylation sites is 1. The van der Waals surface area contributed by atoms with E-state index in [0.29, 0.717) is 43.0 Å². The maximum absolute atomic E-state index is 13.6. The van der Waals surface area contributed by atoms with Gasteiger partial charge in [0, 0.05) is 62.6 Å². The molecule has 2 aliphatic rings. The number of benzene rings is 1. The van der Waals surface area contributed by atoms with Gasteiger partial charge in [-0.3, -0.25) is 14.4 Å². The van der Waals surface area contributed by atoms with Gasteiger partial charge in [-0.1, -0.05) is 18.2 Å². The van der Waals surface area contributed by atoms with Crippen LogP contribution in [0.15, 0.2) is 42.6 Å². The van der Waals surface area contributed by atoms with E-state index in [1.165, 1.54) is 0 Å². The number of alkyl halides is 2. The molecule has 1 aromatic heterocycles. The molecule has 2 heterocycles. The molecule has 4 rings (SSSR count). The van der Waals surface area contributed by atoms with E-state index in [4.69, 9.17) is 0 Å². The van der Waals surface area contributed by atoms with Gasteiger partial charge in [-0.15, -0.1) is 0 Å². The number of halogens is 2. The number of nitrogens with zero attached hydrogens (tertiary/aromatic N) is 4. The first-order valence-electron chi connectivity index (χ1n) is 13.1. The average Bonchev–Trinajstić information content (AvgIpc) is 3.27. The molecular formula is C27H39F2N5OS. The molecule has 1 aliphatic heterocycles. The lowest BCUT2D eigenvalue weighted by atomic mass is 9.88. The van der Waals surface area contributed by atoms with Crippen molar-refractivity contribution in [3.8, 4) is 0 Å². The first-order valence-corrected chi connectivity index (χ1v) is 14.1. The van der Waals surface area contributed by atoms with Crippen molar-refractivity contribution in [1.82, 2.24) is 14.7 Å². The molecule has 1 saturated carbocycles. The summed E-state index contributed by atoms with van der Waals surface area (Å²) in [6, 6.07) is 12.5. The maximum Gasteiger partial charge on any atom is 0.248 e. The second-order valence-electron chi connectivity index (χ2n) is 10.4. The summed E-state index contributed by atoms with van der Waals surface area (Å²) in [6.07, 6.45) is 5.64. The average molecular weight is 520 g/mol. The zero-order valence-corrected chi connectivity index (χ0v) is 22.2. The van der Waals surface area contributed by atoms with Crippen LogP contribution in [-0.4, -0.2) is 57.9 Å². The summed E-state index contributed by atoms with van der Waals surface area (Å²) in [5, 5.41) is 7.12. The summed E-state index contributed by atoms with van der Waals surface area (Å²) in [4.78, 5) is 14.9. The third-order valence-corrected chi connectivity index (χ3v) is 8.80. The number of hydrogen-bond donors (Lipinski definition) is 1. The van der Waals surface area contributed by atoms with Gasteiger partial charge >= 0.3 is 0 Å². The fourth-order valence-electron chi connectivity index (χ4n) is 5.18. The first kappa shape index (κ1) is 26.9. The Kier molecular flexibility index (Phi) is 9.28. The van der Waals surface area contributed by atoms with Crippen LogP contribution in [0.25, 0.3) is 0 Å². The van der Waals surface area contributed by atoms with Crippen molar-refractivity contribution in [3.63, 3.8) is 0 Å². The highest BCUT2D eigenvalue weighted by Crippen LogP contribution is 2.38. The Hall–Kier alpha value is -2.13. The van der Waals surface area contributed by atoms with Gasteiger partial charge in [0.05, 0.1) is 0 Å². The van der Waals surface area contributed by atoms with Crippen molar-refractivity contribution >= 4 is 29.4 Å². The van der Waals surface area contributed by atoms with E-state index in [0.717, 1.165) is 43.9 Å². The van der Waals surface area contributed by atoms with E-state index in [-0.39, 0.29) is 18.7 Å². The number of nitrogens with one attached hydrogen (secondary N) is 1. The number of carbonyl (C=O) groups is 1. The number of amides is 1. The van der Waals surface area contributed by atoms with E-state index in [1.807, 2.05) is 25.4 Å². The number of hydrogen-bond acceptors (Lipinski definition) is 5. The third-order valence-electron chi connectivity index (χ3n) is 7.50. The van der Waals surface area contributed by atoms with Crippen LogP contribution in [0.1, 0.15) is 51.9 Å². The quantitative estimate of drug-likeness (QED) is 0.400. The second kappa shape index (κ2) is 12.4. The van der Waals surface area contributed by atoms with Crippen molar-refractivity contribution in [2.75, 3.05) is 35.0 Å². The molecule has 0 unspecified atom stereocenters. The van der Waals surface area contributed by atoms with Crippen molar-refractivity contribution in [2.24, 2.45) is 18.9 Å². The maximum atomic E-state index is 13.6. The largest absolute Gasteiger partial charge is 0.315 e. The predicted octanol–water partition coefficient (Wildman–Crippen LogP) is 5.83. The summed E-state index contributed by atoms with van der Waals surface area (Å²) >= 11 is 1.79. The topological polar surface area (TPSA) is 53.4 Å². The molecule has 0 spiro atoms. The zero-order chi connectivity index (χ0) is 25.5. The van der Waals surface area contributed by atoms with E-state index in [1.54, 1.807) is 16.6 Å². The molecule has 2 aromatic rings.